The highest BCUT2D eigenvalue weighted by Crippen LogP contribution is 2.30. The molecule has 2 unspecified atom stereocenters. The van der Waals surface area contributed by atoms with Crippen molar-refractivity contribution in [1.82, 2.24) is 15.5 Å². The molecule has 4 heteroatoms. The third-order valence-corrected chi connectivity index (χ3v) is 6.38. The van der Waals surface area contributed by atoms with Gasteiger partial charge in [0.25, 0.3) is 0 Å². The first-order valence-corrected chi connectivity index (χ1v) is 12.2. The van der Waals surface area contributed by atoms with Gasteiger partial charge in [0.05, 0.1) is 17.1 Å². The van der Waals surface area contributed by atoms with Crippen LogP contribution in [-0.4, -0.2) is 42.3 Å². The molecule has 0 spiro atoms. The lowest BCUT2D eigenvalue weighted by molar-refractivity contribution is 0.287. The van der Waals surface area contributed by atoms with Crippen molar-refractivity contribution in [3.8, 4) is 0 Å². The van der Waals surface area contributed by atoms with Gasteiger partial charge in [-0.15, -0.1) is 0 Å². The average Bonchev–Trinajstić information content (AvgIpc) is 3.44. The summed E-state index contributed by atoms with van der Waals surface area (Å²) in [4.78, 5) is 7.24. The van der Waals surface area contributed by atoms with Crippen LogP contribution in [-0.2, 0) is 0 Å². The maximum absolute atomic E-state index is 4.64. The molecule has 2 saturated heterocycles. The Labute approximate surface area is 195 Å². The van der Waals surface area contributed by atoms with E-state index in [1.807, 2.05) is 19.2 Å². The third kappa shape index (κ3) is 6.01. The molecule has 0 saturated carbocycles. The Balaban J connectivity index is 1.79. The number of likely N-dealkylation sites (tertiary alicyclic amines) is 1. The van der Waals surface area contributed by atoms with Gasteiger partial charge in [-0.25, -0.2) is 0 Å². The van der Waals surface area contributed by atoms with E-state index >= 15 is 0 Å². The highest BCUT2D eigenvalue weighted by atomic mass is 15.3. The molecule has 2 bridgehead atoms. The number of nitrogens with zero attached hydrogens (tertiary/aromatic N) is 2. The molecular weight excluding hydrogens is 392 g/mol. The molecule has 3 aliphatic rings. The first-order chi connectivity index (χ1) is 15.6. The molecule has 0 aromatic rings. The van der Waals surface area contributed by atoms with Gasteiger partial charge in [-0.3, -0.25) is 4.99 Å². The second kappa shape index (κ2) is 11.9. The minimum absolute atomic E-state index is 0.591. The number of hydrogen-bond acceptors (Lipinski definition) is 4. The van der Waals surface area contributed by atoms with E-state index in [0.29, 0.717) is 12.1 Å². The Morgan fingerprint density at radius 2 is 2.09 bits per heavy atom. The van der Waals surface area contributed by atoms with Crippen LogP contribution in [0.5, 0.6) is 0 Å². The van der Waals surface area contributed by atoms with Crippen LogP contribution in [0.2, 0.25) is 0 Å². The summed E-state index contributed by atoms with van der Waals surface area (Å²) in [7, 11) is 0. The number of piperazine rings is 1. The highest BCUT2D eigenvalue weighted by molar-refractivity contribution is 6.12. The summed E-state index contributed by atoms with van der Waals surface area (Å²) >= 11 is 0. The van der Waals surface area contributed by atoms with Gasteiger partial charge in [0.2, 0.25) is 0 Å². The first-order valence-electron chi connectivity index (χ1n) is 12.2. The van der Waals surface area contributed by atoms with Gasteiger partial charge in [-0.2, -0.15) is 0 Å². The van der Waals surface area contributed by atoms with Gasteiger partial charge in [0.1, 0.15) is 0 Å². The van der Waals surface area contributed by atoms with Gasteiger partial charge in [-0.1, -0.05) is 55.9 Å². The topological polar surface area (TPSA) is 39.7 Å². The van der Waals surface area contributed by atoms with Crippen molar-refractivity contribution in [3.63, 3.8) is 0 Å². The summed E-state index contributed by atoms with van der Waals surface area (Å²) in [5, 5.41) is 7.36. The minimum Gasteiger partial charge on any atom is -0.380 e. The molecule has 0 radical (unpaired) electrons. The summed E-state index contributed by atoms with van der Waals surface area (Å²) in [6.07, 6.45) is 22.8. The number of fused-ring (bicyclic) bond motifs is 2. The first kappa shape index (κ1) is 24.1. The van der Waals surface area contributed by atoms with E-state index in [9.17, 15) is 0 Å². The Morgan fingerprint density at radius 1 is 1.25 bits per heavy atom. The van der Waals surface area contributed by atoms with Crippen LogP contribution in [0.1, 0.15) is 53.9 Å². The molecule has 2 fully saturated rings. The molecule has 2 atom stereocenters. The van der Waals surface area contributed by atoms with Crippen LogP contribution in [0.3, 0.4) is 0 Å². The molecule has 0 aromatic carbocycles. The van der Waals surface area contributed by atoms with E-state index in [1.165, 1.54) is 34.5 Å². The Bertz CT molecular complexity index is 908. The zero-order chi connectivity index (χ0) is 22.9. The lowest BCUT2D eigenvalue weighted by Gasteiger charge is -2.33. The van der Waals surface area contributed by atoms with Gasteiger partial charge < -0.3 is 15.5 Å². The Hall–Kier alpha value is -2.59. The number of hydrogen-bond donors (Lipinski definition) is 2. The molecule has 2 heterocycles. The second-order valence-electron chi connectivity index (χ2n) is 8.74. The molecular formula is C28H40N4. The van der Waals surface area contributed by atoms with E-state index < -0.39 is 0 Å². The molecule has 0 aromatic heterocycles. The molecule has 2 N–H and O–H groups in total. The van der Waals surface area contributed by atoms with Crippen molar-refractivity contribution >= 4 is 5.71 Å². The lowest BCUT2D eigenvalue weighted by Crippen LogP contribution is -2.44. The maximum Gasteiger partial charge on any atom is 0.0701 e. The van der Waals surface area contributed by atoms with Gasteiger partial charge in [-0.05, 0) is 63.3 Å². The smallest absolute Gasteiger partial charge is 0.0701 e. The summed E-state index contributed by atoms with van der Waals surface area (Å²) in [6, 6.07) is 1.21. The van der Waals surface area contributed by atoms with Gasteiger partial charge >= 0.3 is 0 Å². The molecule has 1 aliphatic carbocycles. The number of rotatable bonds is 9. The third-order valence-electron chi connectivity index (χ3n) is 6.38. The molecule has 4 nitrogen and oxygen atoms in total. The van der Waals surface area contributed by atoms with Crippen molar-refractivity contribution in [3.05, 3.63) is 82.9 Å². The Kier molecular flexibility index (Phi) is 8.92. The monoisotopic (exact) mass is 432 g/mol. The van der Waals surface area contributed by atoms with Crippen LogP contribution in [0.4, 0.5) is 0 Å². The van der Waals surface area contributed by atoms with Crippen molar-refractivity contribution in [2.24, 2.45) is 4.99 Å². The molecule has 0 amide bonds. The highest BCUT2D eigenvalue weighted by Gasteiger charge is 2.38. The van der Waals surface area contributed by atoms with Crippen molar-refractivity contribution in [2.75, 3.05) is 19.6 Å². The Morgan fingerprint density at radius 3 is 2.72 bits per heavy atom. The van der Waals surface area contributed by atoms with E-state index in [1.54, 1.807) is 0 Å². The van der Waals surface area contributed by atoms with E-state index in [0.717, 1.165) is 38.2 Å². The predicted molar refractivity (Wildman–Crippen MR) is 139 cm³/mol. The van der Waals surface area contributed by atoms with Crippen LogP contribution < -0.4 is 10.6 Å². The second-order valence-corrected chi connectivity index (χ2v) is 8.74. The zero-order valence-corrected chi connectivity index (χ0v) is 20.5. The number of aliphatic imine (C=N–C) groups is 1. The number of allylic oxidation sites excluding steroid dienone is 9. The number of nitrogens with one attached hydrogen (secondary N) is 2. The average molecular weight is 433 g/mol. The largest absolute Gasteiger partial charge is 0.380 e. The van der Waals surface area contributed by atoms with Crippen LogP contribution in [0.25, 0.3) is 0 Å². The molecule has 3 rings (SSSR count). The van der Waals surface area contributed by atoms with Crippen molar-refractivity contribution in [2.45, 2.75) is 66.0 Å². The van der Waals surface area contributed by atoms with E-state index in [-0.39, 0.29) is 0 Å². The summed E-state index contributed by atoms with van der Waals surface area (Å²) in [5.41, 5.74) is 7.38. The summed E-state index contributed by atoms with van der Waals surface area (Å²) in [6.45, 7) is 13.7. The lowest BCUT2D eigenvalue weighted by atomic mass is 9.99. The van der Waals surface area contributed by atoms with Gasteiger partial charge in [0, 0.05) is 37.9 Å². The normalized spacial score (nSPS) is 26.7. The standard InChI is InChI=1S/C28H40N4/c1-6-10-23-13-12-22(16-27(23)29-15-7-2)18-31-26(9-4)28(14-11-21(5)8-3)32-20-24-17-25(32)19-30-24/h7,9-16,24-25,30-31H,6,8,17-20H2,1-5H3/b15-7-,21-11+,23-10+,26-9+,28-14+,29-27+. The van der Waals surface area contributed by atoms with Crippen LogP contribution >= 0.6 is 0 Å². The fraction of sp³-hybridized carbons (Fsp3) is 0.464. The fourth-order valence-electron chi connectivity index (χ4n) is 4.43. The zero-order valence-electron chi connectivity index (χ0n) is 20.5. The summed E-state index contributed by atoms with van der Waals surface area (Å²) < 4.78 is 0. The summed E-state index contributed by atoms with van der Waals surface area (Å²) in [5.74, 6) is 0. The minimum atomic E-state index is 0.591. The van der Waals surface area contributed by atoms with Crippen molar-refractivity contribution in [1.29, 1.82) is 0 Å². The van der Waals surface area contributed by atoms with E-state index in [4.69, 9.17) is 0 Å². The SMILES string of the molecule is C\C=C/N=C1\C=C(CNC(=C/C)/C(=C\C=C(/C)CC)N2CC3CC2CN3)C=C\C1=C/CC. The van der Waals surface area contributed by atoms with E-state index in [2.05, 4.69) is 90.8 Å². The molecule has 172 valence electrons. The molecule has 32 heavy (non-hydrogen) atoms. The van der Waals surface area contributed by atoms with Crippen LogP contribution in [0, 0.1) is 0 Å². The van der Waals surface area contributed by atoms with Crippen LogP contribution in [0.15, 0.2) is 87.9 Å². The van der Waals surface area contributed by atoms with Crippen molar-refractivity contribution < 1.29 is 0 Å². The maximum atomic E-state index is 4.64. The fourth-order valence-corrected chi connectivity index (χ4v) is 4.43. The quantitative estimate of drug-likeness (QED) is 0.468. The molecule has 2 aliphatic heterocycles. The predicted octanol–water partition coefficient (Wildman–Crippen LogP) is 5.57. The van der Waals surface area contributed by atoms with Gasteiger partial charge in [0.15, 0.2) is 0 Å².